The Morgan fingerprint density at radius 3 is 2.35 bits per heavy atom. The zero-order valence-corrected chi connectivity index (χ0v) is 19.8. The molecule has 196 valence electrons. The first-order valence-electron chi connectivity index (χ1n) is 10.7. The Kier molecular flexibility index (Phi) is 7.22. The second-order valence-electron chi connectivity index (χ2n) is 8.17. The van der Waals surface area contributed by atoms with Crippen LogP contribution in [-0.2, 0) is 13.1 Å². The van der Waals surface area contributed by atoms with E-state index in [-0.39, 0.29) is 29.6 Å². The van der Waals surface area contributed by atoms with E-state index in [4.69, 9.17) is 11.6 Å². The molecule has 2 aromatic carbocycles. The van der Waals surface area contributed by atoms with Crippen molar-refractivity contribution in [1.29, 1.82) is 0 Å². The fourth-order valence-electron chi connectivity index (χ4n) is 3.64. The van der Waals surface area contributed by atoms with Crippen molar-refractivity contribution in [3.05, 3.63) is 87.5 Å². The molecule has 0 amide bonds. The molecule has 0 radical (unpaired) electrons. The van der Waals surface area contributed by atoms with Crippen molar-refractivity contribution in [2.45, 2.75) is 38.4 Å². The normalized spacial score (nSPS) is 13.6. The summed E-state index contributed by atoms with van der Waals surface area (Å²) in [5.41, 5.74) is -0.705. The molecule has 0 saturated heterocycles. The van der Waals surface area contributed by atoms with E-state index < -0.39 is 42.3 Å². The molecular weight excluding hydrogens is 525 g/mol. The summed E-state index contributed by atoms with van der Waals surface area (Å²) >= 11 is 5.89. The lowest BCUT2D eigenvalue weighted by Gasteiger charge is -2.16. The van der Waals surface area contributed by atoms with E-state index in [0.717, 1.165) is 25.9 Å². The average molecular weight is 544 g/mol. The van der Waals surface area contributed by atoms with Crippen molar-refractivity contribution in [2.24, 2.45) is 0 Å². The molecule has 0 aliphatic rings. The predicted molar refractivity (Wildman–Crippen MR) is 122 cm³/mol. The van der Waals surface area contributed by atoms with Crippen molar-refractivity contribution < 1.29 is 32.2 Å². The van der Waals surface area contributed by atoms with Gasteiger partial charge in [0, 0.05) is 17.3 Å². The number of halogens is 6. The fraction of sp³-hybridized carbons (Fsp3) is 0.261. The number of nitrogens with zero attached hydrogens (tertiary/aromatic N) is 5. The van der Waals surface area contributed by atoms with Crippen molar-refractivity contribution in [3.63, 3.8) is 0 Å². The number of aliphatic hydroxyl groups is 2. The van der Waals surface area contributed by atoms with Gasteiger partial charge >= 0.3 is 11.9 Å². The maximum Gasteiger partial charge on any atom is 0.416 e. The Labute approximate surface area is 210 Å². The van der Waals surface area contributed by atoms with Crippen molar-refractivity contribution >= 4 is 11.6 Å². The largest absolute Gasteiger partial charge is 0.416 e. The number of alkyl halides is 3. The van der Waals surface area contributed by atoms with Crippen LogP contribution in [0.25, 0.3) is 16.9 Å². The molecule has 0 bridgehead atoms. The molecule has 0 aliphatic carbocycles. The van der Waals surface area contributed by atoms with Gasteiger partial charge in [-0.2, -0.15) is 13.2 Å². The molecule has 14 heteroatoms. The SMILES string of the molecule is C[C@H](O)c1nc(Cn2cc(-c3ccc(Cl)cc3)n(CC(O)C(F)(F)F)c2=O)nn1-c1ccc(F)cc1F. The summed E-state index contributed by atoms with van der Waals surface area (Å²) in [7, 11) is 0. The number of hydrogen-bond acceptors (Lipinski definition) is 5. The van der Waals surface area contributed by atoms with Crippen LogP contribution >= 0.6 is 11.6 Å². The minimum Gasteiger partial charge on any atom is -0.385 e. The molecule has 0 aliphatic heterocycles. The van der Waals surface area contributed by atoms with Gasteiger partial charge in [0.1, 0.15) is 17.6 Å². The summed E-state index contributed by atoms with van der Waals surface area (Å²) < 4.78 is 69.6. The molecule has 0 saturated carbocycles. The average Bonchev–Trinajstić information content (AvgIpc) is 3.36. The van der Waals surface area contributed by atoms with Gasteiger partial charge in [0.2, 0.25) is 0 Å². The third kappa shape index (κ3) is 5.58. The fourth-order valence-corrected chi connectivity index (χ4v) is 3.76. The van der Waals surface area contributed by atoms with Crippen LogP contribution < -0.4 is 5.69 Å². The van der Waals surface area contributed by atoms with Gasteiger partial charge < -0.3 is 10.2 Å². The Balaban J connectivity index is 1.78. The Morgan fingerprint density at radius 1 is 1.08 bits per heavy atom. The molecule has 4 rings (SSSR count). The lowest BCUT2D eigenvalue weighted by molar-refractivity contribution is -0.207. The minimum atomic E-state index is -4.97. The Hall–Kier alpha value is -3.55. The van der Waals surface area contributed by atoms with E-state index in [9.17, 15) is 37.0 Å². The summed E-state index contributed by atoms with van der Waals surface area (Å²) in [6, 6.07) is 8.66. The third-order valence-corrected chi connectivity index (χ3v) is 5.67. The van der Waals surface area contributed by atoms with Crippen molar-refractivity contribution in [2.75, 3.05) is 0 Å². The molecule has 1 unspecified atom stereocenters. The van der Waals surface area contributed by atoms with Gasteiger partial charge in [0.05, 0.1) is 18.8 Å². The molecular formula is C23H19ClF5N5O3. The molecule has 0 spiro atoms. The van der Waals surface area contributed by atoms with Crippen molar-refractivity contribution in [1.82, 2.24) is 23.9 Å². The van der Waals surface area contributed by atoms with Gasteiger partial charge in [-0.05, 0) is 36.8 Å². The van der Waals surface area contributed by atoms with Gasteiger partial charge in [-0.3, -0.25) is 9.13 Å². The molecule has 8 nitrogen and oxygen atoms in total. The van der Waals surface area contributed by atoms with Crippen LogP contribution in [0.1, 0.15) is 24.7 Å². The van der Waals surface area contributed by atoms with Crippen molar-refractivity contribution in [3.8, 4) is 16.9 Å². The highest BCUT2D eigenvalue weighted by Gasteiger charge is 2.39. The molecule has 2 heterocycles. The molecule has 2 N–H and O–H groups in total. The van der Waals surface area contributed by atoms with Crippen LogP contribution in [0.4, 0.5) is 22.0 Å². The Bertz CT molecular complexity index is 1480. The summed E-state index contributed by atoms with van der Waals surface area (Å²) in [4.78, 5) is 17.2. The second kappa shape index (κ2) is 10.1. The first-order valence-corrected chi connectivity index (χ1v) is 11.1. The van der Waals surface area contributed by atoms with E-state index in [1.54, 1.807) is 0 Å². The van der Waals surface area contributed by atoms with E-state index >= 15 is 0 Å². The minimum absolute atomic E-state index is 0.0599. The predicted octanol–water partition coefficient (Wildman–Crippen LogP) is 3.85. The number of rotatable bonds is 7. The topological polar surface area (TPSA) is 98.1 Å². The highest BCUT2D eigenvalue weighted by Crippen LogP contribution is 2.26. The van der Waals surface area contributed by atoms with Crippen LogP contribution in [0.2, 0.25) is 5.02 Å². The zero-order valence-electron chi connectivity index (χ0n) is 19.0. The highest BCUT2D eigenvalue weighted by molar-refractivity contribution is 6.30. The molecule has 0 fully saturated rings. The standard InChI is InChI=1S/C23H19ClF5N5O3/c1-12(35)21-30-20(31-34(21)17-7-6-15(25)8-16(17)26)11-32-9-18(13-2-4-14(24)5-3-13)33(22(32)37)10-19(36)23(27,28)29/h2-9,12,19,35-36H,10-11H2,1H3/t12-,19?/m0/s1. The van der Waals surface area contributed by atoms with E-state index in [0.29, 0.717) is 16.7 Å². The monoisotopic (exact) mass is 543 g/mol. The van der Waals surface area contributed by atoms with Crippen LogP contribution in [0.5, 0.6) is 0 Å². The first-order chi connectivity index (χ1) is 17.3. The first kappa shape index (κ1) is 26.5. The quantitative estimate of drug-likeness (QED) is 0.345. The van der Waals surface area contributed by atoms with E-state index in [1.165, 1.54) is 37.4 Å². The molecule has 2 aromatic heterocycles. The number of hydrogen-bond donors (Lipinski definition) is 2. The second-order valence-corrected chi connectivity index (χ2v) is 8.61. The van der Waals surface area contributed by atoms with Gasteiger partial charge in [-0.15, -0.1) is 5.10 Å². The number of aliphatic hydroxyl groups excluding tert-OH is 2. The molecule has 2 atom stereocenters. The summed E-state index contributed by atoms with van der Waals surface area (Å²) in [5.74, 6) is -2.01. The zero-order chi connectivity index (χ0) is 27.1. The van der Waals surface area contributed by atoms with Crippen LogP contribution in [-0.4, -0.2) is 46.4 Å². The summed E-state index contributed by atoms with van der Waals surface area (Å²) in [6.07, 6.45) is -7.76. The lowest BCUT2D eigenvalue weighted by atomic mass is 10.1. The molecule has 4 aromatic rings. The maximum atomic E-state index is 14.4. The highest BCUT2D eigenvalue weighted by atomic mass is 35.5. The van der Waals surface area contributed by atoms with E-state index in [1.807, 2.05) is 0 Å². The number of imidazole rings is 1. The van der Waals surface area contributed by atoms with Crippen LogP contribution in [0, 0.1) is 11.6 Å². The van der Waals surface area contributed by atoms with Gasteiger partial charge in [0.25, 0.3) is 0 Å². The van der Waals surface area contributed by atoms with E-state index in [2.05, 4.69) is 10.1 Å². The summed E-state index contributed by atoms with van der Waals surface area (Å²) in [6.45, 7) is -0.107. The smallest absolute Gasteiger partial charge is 0.385 e. The van der Waals surface area contributed by atoms with Crippen LogP contribution in [0.3, 0.4) is 0 Å². The maximum absolute atomic E-state index is 14.4. The van der Waals surface area contributed by atoms with Gasteiger partial charge in [-0.25, -0.2) is 23.2 Å². The van der Waals surface area contributed by atoms with Crippen LogP contribution in [0.15, 0.2) is 53.5 Å². The van der Waals surface area contributed by atoms with Gasteiger partial charge in [-0.1, -0.05) is 23.7 Å². The third-order valence-electron chi connectivity index (χ3n) is 5.42. The van der Waals surface area contributed by atoms with Gasteiger partial charge in [0.15, 0.2) is 23.6 Å². The Morgan fingerprint density at radius 2 is 1.76 bits per heavy atom. The lowest BCUT2D eigenvalue weighted by Crippen LogP contribution is -2.37. The number of benzene rings is 2. The summed E-state index contributed by atoms with van der Waals surface area (Å²) in [5, 5.41) is 24.2. The number of aromatic nitrogens is 5. The molecule has 37 heavy (non-hydrogen) atoms.